The van der Waals surface area contributed by atoms with E-state index in [0.717, 1.165) is 31.4 Å². The van der Waals surface area contributed by atoms with E-state index in [0.29, 0.717) is 25.2 Å². The Kier molecular flexibility index (Phi) is 8.37. The van der Waals surface area contributed by atoms with Crippen molar-refractivity contribution < 1.29 is 26.7 Å². The standard InChI is InChI=1S/C20H27F3N2O3S/c1-2-3-4-5-6-7-19(26)16-29(27,28)25-14-12-24(13-15-25)18-10-8-17(9-11-18)20(21,22)23/h8-11,19,26H,2-5,12-16H2,1H3. The largest absolute Gasteiger partial charge is 0.416 e. The zero-order valence-corrected chi connectivity index (χ0v) is 17.3. The number of benzene rings is 1. The predicted molar refractivity (Wildman–Crippen MR) is 107 cm³/mol. The number of sulfonamides is 1. The Labute approximate surface area is 170 Å². The van der Waals surface area contributed by atoms with E-state index in [1.54, 1.807) is 0 Å². The van der Waals surface area contributed by atoms with Crippen LogP contribution < -0.4 is 4.90 Å². The number of rotatable bonds is 7. The van der Waals surface area contributed by atoms with E-state index < -0.39 is 33.6 Å². The highest BCUT2D eigenvalue weighted by Crippen LogP contribution is 2.30. The minimum atomic E-state index is -4.38. The van der Waals surface area contributed by atoms with Gasteiger partial charge in [-0.15, -0.1) is 5.92 Å². The molecule has 0 spiro atoms. The molecule has 162 valence electrons. The molecular weight excluding hydrogens is 405 g/mol. The lowest BCUT2D eigenvalue weighted by atomic mass is 10.2. The van der Waals surface area contributed by atoms with E-state index in [1.165, 1.54) is 16.4 Å². The molecule has 1 fully saturated rings. The number of unbranched alkanes of at least 4 members (excludes halogenated alkanes) is 3. The number of alkyl halides is 3. The molecule has 0 bridgehead atoms. The SMILES string of the molecule is CCCCCC#CC(O)CS(=O)(=O)N1CCN(c2ccc(C(F)(F)F)cc2)CC1. The van der Waals surface area contributed by atoms with E-state index in [9.17, 15) is 26.7 Å². The molecule has 2 rings (SSSR count). The van der Waals surface area contributed by atoms with Gasteiger partial charge in [-0.2, -0.15) is 17.5 Å². The number of halogens is 3. The van der Waals surface area contributed by atoms with Crippen LogP contribution >= 0.6 is 0 Å². The van der Waals surface area contributed by atoms with Crippen LogP contribution in [0.3, 0.4) is 0 Å². The fourth-order valence-electron chi connectivity index (χ4n) is 3.09. The summed E-state index contributed by atoms with van der Waals surface area (Å²) in [4.78, 5) is 1.84. The van der Waals surface area contributed by atoms with E-state index in [-0.39, 0.29) is 13.1 Å². The molecule has 1 unspecified atom stereocenters. The van der Waals surface area contributed by atoms with Crippen LogP contribution in [-0.2, 0) is 16.2 Å². The third-order valence-corrected chi connectivity index (χ3v) is 6.62. The average molecular weight is 433 g/mol. The summed E-state index contributed by atoms with van der Waals surface area (Å²) < 4.78 is 64.3. The Morgan fingerprint density at radius 1 is 1.10 bits per heavy atom. The van der Waals surface area contributed by atoms with Crippen LogP contribution in [0.2, 0.25) is 0 Å². The van der Waals surface area contributed by atoms with Crippen LogP contribution in [0, 0.1) is 11.8 Å². The molecule has 1 aliphatic heterocycles. The Balaban J connectivity index is 1.87. The highest BCUT2D eigenvalue weighted by molar-refractivity contribution is 7.89. The molecule has 1 aliphatic rings. The summed E-state index contributed by atoms with van der Waals surface area (Å²) >= 11 is 0. The molecule has 1 saturated heterocycles. The fourth-order valence-corrected chi connectivity index (χ4v) is 4.50. The summed E-state index contributed by atoms with van der Waals surface area (Å²) in [7, 11) is -3.66. The van der Waals surface area contributed by atoms with Crippen molar-refractivity contribution in [1.82, 2.24) is 4.31 Å². The summed E-state index contributed by atoms with van der Waals surface area (Å²) in [5.41, 5.74) is -0.0970. The number of aliphatic hydroxyl groups excluding tert-OH is 1. The number of hydrogen-bond donors (Lipinski definition) is 1. The van der Waals surface area contributed by atoms with E-state index in [4.69, 9.17) is 0 Å². The maximum atomic E-state index is 12.7. The highest BCUT2D eigenvalue weighted by atomic mass is 32.2. The smallest absolute Gasteiger partial charge is 0.379 e. The van der Waals surface area contributed by atoms with Crippen LogP contribution in [0.1, 0.15) is 38.2 Å². The Morgan fingerprint density at radius 3 is 2.28 bits per heavy atom. The van der Waals surface area contributed by atoms with Crippen molar-refractivity contribution in [1.29, 1.82) is 0 Å². The molecule has 1 aromatic rings. The zero-order chi connectivity index (χ0) is 21.5. The number of aliphatic hydroxyl groups is 1. The molecule has 0 aromatic heterocycles. The van der Waals surface area contributed by atoms with Crippen LogP contribution in [0.25, 0.3) is 0 Å². The summed E-state index contributed by atoms with van der Waals surface area (Å²) in [5, 5.41) is 9.91. The first-order valence-corrected chi connectivity index (χ1v) is 11.3. The number of nitrogens with zero attached hydrogens (tertiary/aromatic N) is 2. The van der Waals surface area contributed by atoms with Gasteiger partial charge in [0.25, 0.3) is 0 Å². The first-order valence-electron chi connectivity index (χ1n) is 9.70. The summed E-state index contributed by atoms with van der Waals surface area (Å²) in [5.74, 6) is 4.95. The molecule has 1 heterocycles. The molecule has 0 amide bonds. The quantitative estimate of drug-likeness (QED) is 0.531. The van der Waals surface area contributed by atoms with Crippen molar-refractivity contribution in [2.45, 2.75) is 44.9 Å². The van der Waals surface area contributed by atoms with Crippen LogP contribution in [0.15, 0.2) is 24.3 Å². The van der Waals surface area contributed by atoms with Gasteiger partial charge in [0.05, 0.1) is 5.56 Å². The first kappa shape index (κ1) is 23.5. The van der Waals surface area contributed by atoms with Gasteiger partial charge in [0.2, 0.25) is 10.0 Å². The van der Waals surface area contributed by atoms with E-state index in [1.807, 2.05) is 4.90 Å². The van der Waals surface area contributed by atoms with Gasteiger partial charge in [0.15, 0.2) is 0 Å². The molecular formula is C20H27F3N2O3S. The maximum Gasteiger partial charge on any atom is 0.416 e. The topological polar surface area (TPSA) is 60.9 Å². The van der Waals surface area contributed by atoms with Gasteiger partial charge in [-0.25, -0.2) is 8.42 Å². The summed E-state index contributed by atoms with van der Waals surface area (Å²) in [6, 6.07) is 4.83. The Hall–Kier alpha value is -1.76. The number of hydrogen-bond acceptors (Lipinski definition) is 4. The van der Waals surface area contributed by atoms with Gasteiger partial charge in [-0.3, -0.25) is 0 Å². The summed E-state index contributed by atoms with van der Waals surface area (Å²) in [6.45, 7) is 3.22. The number of piperazine rings is 1. The molecule has 0 aliphatic carbocycles. The predicted octanol–water partition coefficient (Wildman–Crippen LogP) is 3.10. The van der Waals surface area contributed by atoms with Crippen molar-refractivity contribution in [2.24, 2.45) is 0 Å². The molecule has 0 saturated carbocycles. The van der Waals surface area contributed by atoms with Gasteiger partial charge in [-0.05, 0) is 30.7 Å². The Morgan fingerprint density at radius 2 is 1.72 bits per heavy atom. The molecule has 0 radical (unpaired) electrons. The van der Waals surface area contributed by atoms with Crippen molar-refractivity contribution in [3.05, 3.63) is 29.8 Å². The lowest BCUT2D eigenvalue weighted by Gasteiger charge is -2.35. The molecule has 29 heavy (non-hydrogen) atoms. The second-order valence-electron chi connectivity index (χ2n) is 7.00. The third kappa shape index (κ3) is 7.21. The number of anilines is 1. The van der Waals surface area contributed by atoms with Crippen LogP contribution in [0.4, 0.5) is 18.9 Å². The third-order valence-electron chi connectivity index (χ3n) is 4.73. The minimum absolute atomic E-state index is 0.208. The van der Waals surface area contributed by atoms with Crippen LogP contribution in [-0.4, -0.2) is 55.9 Å². The van der Waals surface area contributed by atoms with Crippen molar-refractivity contribution >= 4 is 15.7 Å². The van der Waals surface area contributed by atoms with E-state index >= 15 is 0 Å². The van der Waals surface area contributed by atoms with Gasteiger partial charge < -0.3 is 10.0 Å². The van der Waals surface area contributed by atoms with Crippen molar-refractivity contribution in [3.63, 3.8) is 0 Å². The fraction of sp³-hybridized carbons (Fsp3) is 0.600. The molecule has 1 aromatic carbocycles. The normalized spacial score (nSPS) is 16.9. The van der Waals surface area contributed by atoms with Gasteiger partial charge in [0.1, 0.15) is 11.9 Å². The Bertz CT molecular complexity index is 806. The van der Waals surface area contributed by atoms with Gasteiger partial charge >= 0.3 is 6.18 Å². The monoisotopic (exact) mass is 432 g/mol. The van der Waals surface area contributed by atoms with Gasteiger partial charge in [0, 0.05) is 38.3 Å². The lowest BCUT2D eigenvalue weighted by molar-refractivity contribution is -0.137. The van der Waals surface area contributed by atoms with Crippen molar-refractivity contribution in [3.8, 4) is 11.8 Å². The zero-order valence-electron chi connectivity index (χ0n) is 16.5. The maximum absolute atomic E-state index is 12.7. The van der Waals surface area contributed by atoms with Crippen molar-refractivity contribution in [2.75, 3.05) is 36.8 Å². The molecule has 1 atom stereocenters. The molecule has 5 nitrogen and oxygen atoms in total. The lowest BCUT2D eigenvalue weighted by Crippen LogP contribution is -2.50. The van der Waals surface area contributed by atoms with E-state index in [2.05, 4.69) is 18.8 Å². The molecule has 1 N–H and O–H groups in total. The average Bonchev–Trinajstić information content (AvgIpc) is 2.67. The first-order chi connectivity index (χ1) is 13.6. The highest BCUT2D eigenvalue weighted by Gasteiger charge is 2.31. The second-order valence-corrected chi connectivity index (χ2v) is 9.02. The second kappa shape index (κ2) is 10.3. The van der Waals surface area contributed by atoms with Crippen LogP contribution in [0.5, 0.6) is 0 Å². The minimum Gasteiger partial charge on any atom is -0.379 e. The molecule has 9 heteroatoms. The van der Waals surface area contributed by atoms with Gasteiger partial charge in [-0.1, -0.05) is 25.7 Å². The summed E-state index contributed by atoms with van der Waals surface area (Å²) in [6.07, 6.45) is -1.94.